The summed E-state index contributed by atoms with van der Waals surface area (Å²) in [6.45, 7) is 0. The van der Waals surface area contributed by atoms with E-state index in [0.29, 0.717) is 12.8 Å². The molecule has 0 aromatic heterocycles. The maximum Gasteiger partial charge on any atom is 0.245 e. The second-order valence-electron chi connectivity index (χ2n) is 6.49. The molecule has 0 amide bonds. The summed E-state index contributed by atoms with van der Waals surface area (Å²) in [6.07, 6.45) is 9.47. The van der Waals surface area contributed by atoms with Crippen LogP contribution >= 0.6 is 0 Å². The standard InChI is InChI=1S/C16H32O5/c17-14-12-10-8-6-4-2-1-3-5-7-9-11-13-15(18,19)16(14,20)21/h14,17-21H,1-13H2. The maximum atomic E-state index is 9.89. The molecule has 5 nitrogen and oxygen atoms in total. The fraction of sp³-hybridized carbons (Fsp3) is 1.00. The molecular formula is C16H32O5. The van der Waals surface area contributed by atoms with Crippen molar-refractivity contribution >= 4 is 0 Å². The molecule has 1 unspecified atom stereocenters. The third kappa shape index (κ3) is 6.20. The van der Waals surface area contributed by atoms with Gasteiger partial charge in [-0.25, -0.2) is 0 Å². The molecular weight excluding hydrogens is 272 g/mol. The molecule has 0 bridgehead atoms. The van der Waals surface area contributed by atoms with Crippen molar-refractivity contribution in [1.82, 2.24) is 0 Å². The van der Waals surface area contributed by atoms with E-state index in [-0.39, 0.29) is 12.8 Å². The van der Waals surface area contributed by atoms with Gasteiger partial charge in [0.1, 0.15) is 6.10 Å². The Hall–Kier alpha value is -0.200. The van der Waals surface area contributed by atoms with Crippen molar-refractivity contribution in [3.05, 3.63) is 0 Å². The van der Waals surface area contributed by atoms with Gasteiger partial charge in [-0.1, -0.05) is 64.2 Å². The van der Waals surface area contributed by atoms with Crippen LogP contribution in [-0.4, -0.2) is 43.2 Å². The quantitative estimate of drug-likeness (QED) is 0.439. The SMILES string of the molecule is OC1CCCCCCCCCCCCCC(O)(O)C1(O)O. The molecule has 21 heavy (non-hydrogen) atoms. The highest BCUT2D eigenvalue weighted by Crippen LogP contribution is 2.29. The molecule has 1 rings (SSSR count). The topological polar surface area (TPSA) is 101 Å². The minimum absolute atomic E-state index is 0.142. The lowest BCUT2D eigenvalue weighted by molar-refractivity contribution is -0.386. The minimum atomic E-state index is -2.87. The van der Waals surface area contributed by atoms with E-state index in [1.165, 1.54) is 25.7 Å². The molecule has 0 heterocycles. The van der Waals surface area contributed by atoms with Crippen molar-refractivity contribution in [2.45, 2.75) is 101 Å². The summed E-state index contributed by atoms with van der Waals surface area (Å²) in [5, 5.41) is 49.4. The molecule has 5 heteroatoms. The molecule has 0 saturated heterocycles. The minimum Gasteiger partial charge on any atom is -0.387 e. The van der Waals surface area contributed by atoms with Gasteiger partial charge < -0.3 is 25.5 Å². The Morgan fingerprint density at radius 3 is 1.43 bits per heavy atom. The smallest absolute Gasteiger partial charge is 0.245 e. The van der Waals surface area contributed by atoms with Gasteiger partial charge >= 0.3 is 0 Å². The molecule has 0 radical (unpaired) electrons. The third-order valence-electron chi connectivity index (χ3n) is 4.56. The van der Waals surface area contributed by atoms with Crippen LogP contribution in [0.4, 0.5) is 0 Å². The molecule has 126 valence electrons. The van der Waals surface area contributed by atoms with E-state index in [1.54, 1.807) is 0 Å². The molecule has 0 aliphatic heterocycles. The lowest BCUT2D eigenvalue weighted by Gasteiger charge is -2.38. The van der Waals surface area contributed by atoms with Gasteiger partial charge in [0, 0.05) is 6.42 Å². The number of aliphatic hydroxyl groups is 5. The lowest BCUT2D eigenvalue weighted by Crippen LogP contribution is -2.61. The predicted octanol–water partition coefficient (Wildman–Crippen LogP) is 1.79. The van der Waals surface area contributed by atoms with Crippen molar-refractivity contribution in [2.24, 2.45) is 0 Å². The molecule has 5 N–H and O–H groups in total. The van der Waals surface area contributed by atoms with Crippen molar-refractivity contribution in [2.75, 3.05) is 0 Å². The van der Waals surface area contributed by atoms with Crippen LogP contribution in [-0.2, 0) is 0 Å². The van der Waals surface area contributed by atoms with Crippen molar-refractivity contribution in [1.29, 1.82) is 0 Å². The summed E-state index contributed by atoms with van der Waals surface area (Å²) in [6, 6.07) is 0. The summed E-state index contributed by atoms with van der Waals surface area (Å²) < 4.78 is 0. The van der Waals surface area contributed by atoms with Gasteiger partial charge in [0.15, 0.2) is 0 Å². The zero-order valence-corrected chi connectivity index (χ0v) is 13.0. The van der Waals surface area contributed by atoms with E-state index in [2.05, 4.69) is 0 Å². The van der Waals surface area contributed by atoms with Crippen LogP contribution in [0.1, 0.15) is 83.5 Å². The largest absolute Gasteiger partial charge is 0.387 e. The van der Waals surface area contributed by atoms with Gasteiger partial charge in [0.25, 0.3) is 0 Å². The van der Waals surface area contributed by atoms with Crippen LogP contribution in [0.15, 0.2) is 0 Å². The first-order valence-corrected chi connectivity index (χ1v) is 8.45. The van der Waals surface area contributed by atoms with Crippen LogP contribution < -0.4 is 0 Å². The third-order valence-corrected chi connectivity index (χ3v) is 4.56. The van der Waals surface area contributed by atoms with Gasteiger partial charge in [-0.05, 0) is 12.8 Å². The summed E-state index contributed by atoms with van der Waals surface area (Å²) in [4.78, 5) is 0. The van der Waals surface area contributed by atoms with Crippen LogP contribution in [0.2, 0.25) is 0 Å². The maximum absolute atomic E-state index is 9.89. The van der Waals surface area contributed by atoms with Gasteiger partial charge in [0.05, 0.1) is 0 Å². The lowest BCUT2D eigenvalue weighted by atomic mass is 9.91. The first-order chi connectivity index (χ1) is 9.88. The molecule has 0 aromatic carbocycles. The Balaban J connectivity index is 2.56. The second kappa shape index (κ2) is 9.06. The van der Waals surface area contributed by atoms with Gasteiger partial charge in [-0.3, -0.25) is 0 Å². The molecule has 0 spiro atoms. The molecule has 1 aliphatic carbocycles. The zero-order chi connectivity index (χ0) is 15.8. The molecule has 1 atom stereocenters. The first kappa shape index (κ1) is 18.8. The molecule has 0 aromatic rings. The summed E-state index contributed by atoms with van der Waals surface area (Å²) in [5.41, 5.74) is 0. The van der Waals surface area contributed by atoms with Crippen LogP contribution in [0.25, 0.3) is 0 Å². The monoisotopic (exact) mass is 304 g/mol. The molecule has 1 aliphatic rings. The summed E-state index contributed by atoms with van der Waals surface area (Å²) in [7, 11) is 0. The van der Waals surface area contributed by atoms with Crippen molar-refractivity contribution in [3.8, 4) is 0 Å². The average molecular weight is 304 g/mol. The Morgan fingerprint density at radius 1 is 0.571 bits per heavy atom. The van der Waals surface area contributed by atoms with Crippen LogP contribution in [0.5, 0.6) is 0 Å². The van der Waals surface area contributed by atoms with Gasteiger partial charge in [-0.15, -0.1) is 0 Å². The Morgan fingerprint density at radius 2 is 0.952 bits per heavy atom. The highest BCUT2D eigenvalue weighted by atomic mass is 16.6. The van der Waals surface area contributed by atoms with E-state index in [9.17, 15) is 25.5 Å². The van der Waals surface area contributed by atoms with E-state index < -0.39 is 17.7 Å². The molecule has 1 fully saturated rings. The zero-order valence-electron chi connectivity index (χ0n) is 13.0. The predicted molar refractivity (Wildman–Crippen MR) is 80.4 cm³/mol. The summed E-state index contributed by atoms with van der Waals surface area (Å²) >= 11 is 0. The number of hydrogen-bond acceptors (Lipinski definition) is 5. The average Bonchev–Trinajstić information content (AvgIpc) is 2.42. The normalized spacial score (nSPS) is 29.9. The Kier molecular flexibility index (Phi) is 8.13. The van der Waals surface area contributed by atoms with Gasteiger partial charge in [-0.2, -0.15) is 0 Å². The van der Waals surface area contributed by atoms with Crippen molar-refractivity contribution in [3.63, 3.8) is 0 Å². The highest BCUT2D eigenvalue weighted by Gasteiger charge is 2.51. The number of aliphatic hydroxyl groups excluding tert-OH is 1. The fourth-order valence-corrected chi connectivity index (χ4v) is 2.95. The molecule has 1 saturated carbocycles. The second-order valence-corrected chi connectivity index (χ2v) is 6.49. The van der Waals surface area contributed by atoms with E-state index >= 15 is 0 Å². The first-order valence-electron chi connectivity index (χ1n) is 8.45. The fourth-order valence-electron chi connectivity index (χ4n) is 2.95. The van der Waals surface area contributed by atoms with E-state index in [4.69, 9.17) is 0 Å². The van der Waals surface area contributed by atoms with Crippen LogP contribution in [0, 0.1) is 0 Å². The summed E-state index contributed by atoms with van der Waals surface area (Å²) in [5.74, 6) is -5.53. The Labute approximate surface area is 127 Å². The Bertz CT molecular complexity index is 278. The number of rotatable bonds is 0. The van der Waals surface area contributed by atoms with E-state index in [1.807, 2.05) is 0 Å². The van der Waals surface area contributed by atoms with Crippen LogP contribution in [0.3, 0.4) is 0 Å². The number of hydrogen-bond donors (Lipinski definition) is 5. The highest BCUT2D eigenvalue weighted by molar-refractivity contribution is 4.88. The van der Waals surface area contributed by atoms with E-state index in [0.717, 1.165) is 32.1 Å². The van der Waals surface area contributed by atoms with Crippen molar-refractivity contribution < 1.29 is 25.5 Å². The van der Waals surface area contributed by atoms with Gasteiger partial charge in [0.2, 0.25) is 11.6 Å².